The fourth-order valence-electron chi connectivity index (χ4n) is 3.83. The van der Waals surface area contributed by atoms with Gasteiger partial charge in [0.05, 0.1) is 16.9 Å². The average molecular weight is 475 g/mol. The maximum Gasteiger partial charge on any atom is 0.227 e. The minimum atomic E-state index is -0.400. The van der Waals surface area contributed by atoms with Gasteiger partial charge in [-0.15, -0.1) is 0 Å². The third-order valence-corrected chi connectivity index (χ3v) is 6.04. The maximum atomic E-state index is 6.41. The lowest BCUT2D eigenvalue weighted by molar-refractivity contribution is 0.554. The molecule has 4 aromatic rings. The third-order valence-electron chi connectivity index (χ3n) is 5.76. The van der Waals surface area contributed by atoms with Gasteiger partial charge in [0.15, 0.2) is 0 Å². The van der Waals surface area contributed by atoms with E-state index in [9.17, 15) is 0 Å². The SMILES string of the molecule is CC(C)c1nccn1CCc1ccc(Nc2ncc(Cl)c(-c3ccc(C(C)(C)N)cc3)n2)cc1. The summed E-state index contributed by atoms with van der Waals surface area (Å²) >= 11 is 6.41. The molecule has 0 fully saturated rings. The topological polar surface area (TPSA) is 81.7 Å². The summed E-state index contributed by atoms with van der Waals surface area (Å²) in [6, 6.07) is 16.3. The van der Waals surface area contributed by atoms with Crippen molar-refractivity contribution in [3.05, 3.63) is 89.1 Å². The Morgan fingerprint density at radius 1 is 1.03 bits per heavy atom. The number of benzene rings is 2. The highest BCUT2D eigenvalue weighted by atomic mass is 35.5. The van der Waals surface area contributed by atoms with Crippen LogP contribution in [0.15, 0.2) is 67.1 Å². The normalized spacial score (nSPS) is 11.7. The minimum Gasteiger partial charge on any atom is -0.334 e. The Bertz CT molecular complexity index is 1240. The van der Waals surface area contributed by atoms with Crippen LogP contribution >= 0.6 is 11.6 Å². The maximum absolute atomic E-state index is 6.41. The van der Waals surface area contributed by atoms with Crippen LogP contribution in [0.1, 0.15) is 50.6 Å². The van der Waals surface area contributed by atoms with Gasteiger partial charge >= 0.3 is 0 Å². The Morgan fingerprint density at radius 2 is 1.74 bits per heavy atom. The number of nitrogens with two attached hydrogens (primary N) is 1. The third kappa shape index (κ3) is 5.64. The number of halogens is 1. The standard InChI is InChI=1S/C27H31ClN6/c1-18(2)25-30-14-16-34(25)15-13-19-5-11-22(12-6-19)32-26-31-17-23(28)24(33-26)20-7-9-21(10-8-20)27(3,4)29/h5-12,14,16-18H,13,15,29H2,1-4H3,(H,31,32,33). The van der Waals surface area contributed by atoms with E-state index in [0.29, 0.717) is 22.6 Å². The lowest BCUT2D eigenvalue weighted by Crippen LogP contribution is -2.28. The first-order chi connectivity index (χ1) is 16.2. The molecule has 34 heavy (non-hydrogen) atoms. The van der Waals surface area contributed by atoms with Gasteiger partial charge in [-0.1, -0.05) is 61.8 Å². The number of hydrogen-bond donors (Lipinski definition) is 2. The molecule has 2 aromatic heterocycles. The van der Waals surface area contributed by atoms with E-state index < -0.39 is 5.54 Å². The monoisotopic (exact) mass is 474 g/mol. The van der Waals surface area contributed by atoms with E-state index in [4.69, 9.17) is 17.3 Å². The van der Waals surface area contributed by atoms with Gasteiger partial charge in [0.25, 0.3) is 0 Å². The molecule has 2 heterocycles. The number of aromatic nitrogens is 4. The van der Waals surface area contributed by atoms with Crippen molar-refractivity contribution in [2.24, 2.45) is 5.73 Å². The van der Waals surface area contributed by atoms with E-state index in [1.54, 1.807) is 6.20 Å². The average Bonchev–Trinajstić information content (AvgIpc) is 3.28. The molecule has 0 aliphatic carbocycles. The summed E-state index contributed by atoms with van der Waals surface area (Å²) in [7, 11) is 0. The number of aryl methyl sites for hydroxylation is 2. The summed E-state index contributed by atoms with van der Waals surface area (Å²) in [5.41, 5.74) is 10.6. The minimum absolute atomic E-state index is 0.400. The molecule has 0 aliphatic heterocycles. The number of anilines is 2. The zero-order valence-electron chi connectivity index (χ0n) is 20.1. The largest absolute Gasteiger partial charge is 0.334 e. The molecule has 0 saturated heterocycles. The quantitative estimate of drug-likeness (QED) is 0.313. The first kappa shape index (κ1) is 23.9. The molecule has 0 radical (unpaired) electrons. The van der Waals surface area contributed by atoms with E-state index in [-0.39, 0.29) is 0 Å². The Labute approximate surface area is 206 Å². The number of nitrogens with one attached hydrogen (secondary N) is 1. The van der Waals surface area contributed by atoms with Crippen molar-refractivity contribution in [2.45, 2.75) is 52.1 Å². The molecule has 176 valence electrons. The molecule has 0 atom stereocenters. The van der Waals surface area contributed by atoms with Crippen LogP contribution in [0.4, 0.5) is 11.6 Å². The molecular weight excluding hydrogens is 444 g/mol. The number of hydrogen-bond acceptors (Lipinski definition) is 5. The molecule has 0 bridgehead atoms. The fraction of sp³-hybridized carbons (Fsp3) is 0.296. The highest BCUT2D eigenvalue weighted by Gasteiger charge is 2.15. The molecular formula is C27H31ClN6. The van der Waals surface area contributed by atoms with Crippen LogP contribution in [0.5, 0.6) is 0 Å². The first-order valence-electron chi connectivity index (χ1n) is 11.5. The molecule has 2 aromatic carbocycles. The van der Waals surface area contributed by atoms with Crippen molar-refractivity contribution in [1.29, 1.82) is 0 Å². The summed E-state index contributed by atoms with van der Waals surface area (Å²) < 4.78 is 2.22. The lowest BCUT2D eigenvalue weighted by atomic mass is 9.94. The number of imidazole rings is 1. The lowest BCUT2D eigenvalue weighted by Gasteiger charge is -2.19. The van der Waals surface area contributed by atoms with Crippen LogP contribution in [0.3, 0.4) is 0 Å². The van der Waals surface area contributed by atoms with Crippen LogP contribution in [0.25, 0.3) is 11.3 Å². The van der Waals surface area contributed by atoms with Crippen molar-refractivity contribution in [2.75, 3.05) is 5.32 Å². The predicted molar refractivity (Wildman–Crippen MR) is 139 cm³/mol. The van der Waals surface area contributed by atoms with Gasteiger partial charge in [-0.25, -0.2) is 15.0 Å². The van der Waals surface area contributed by atoms with Crippen molar-refractivity contribution in [3.8, 4) is 11.3 Å². The summed E-state index contributed by atoms with van der Waals surface area (Å²) in [4.78, 5) is 13.5. The van der Waals surface area contributed by atoms with Crippen LogP contribution in [-0.4, -0.2) is 19.5 Å². The first-order valence-corrected chi connectivity index (χ1v) is 11.9. The molecule has 0 unspecified atom stereocenters. The van der Waals surface area contributed by atoms with Gasteiger partial charge in [-0.05, 0) is 43.5 Å². The van der Waals surface area contributed by atoms with Crippen LogP contribution < -0.4 is 11.1 Å². The highest BCUT2D eigenvalue weighted by Crippen LogP contribution is 2.29. The van der Waals surface area contributed by atoms with Gasteiger partial charge in [-0.3, -0.25) is 0 Å². The molecule has 3 N–H and O–H groups in total. The molecule has 0 amide bonds. The van der Waals surface area contributed by atoms with E-state index in [0.717, 1.165) is 35.6 Å². The molecule has 7 heteroatoms. The van der Waals surface area contributed by atoms with Crippen LogP contribution in [-0.2, 0) is 18.5 Å². The Hall–Kier alpha value is -3.22. The van der Waals surface area contributed by atoms with Crippen molar-refractivity contribution < 1.29 is 0 Å². The molecule has 0 saturated carbocycles. The zero-order chi connectivity index (χ0) is 24.3. The summed E-state index contributed by atoms with van der Waals surface area (Å²) in [6.45, 7) is 9.20. The second kappa shape index (κ2) is 9.95. The van der Waals surface area contributed by atoms with Crippen LogP contribution in [0.2, 0.25) is 5.02 Å². The molecule has 0 aliphatic rings. The van der Waals surface area contributed by atoms with Gasteiger partial charge in [-0.2, -0.15) is 0 Å². The van der Waals surface area contributed by atoms with Crippen molar-refractivity contribution in [1.82, 2.24) is 19.5 Å². The highest BCUT2D eigenvalue weighted by molar-refractivity contribution is 6.32. The molecule has 6 nitrogen and oxygen atoms in total. The molecule has 4 rings (SSSR count). The Morgan fingerprint density at radius 3 is 2.38 bits per heavy atom. The predicted octanol–water partition coefficient (Wildman–Crippen LogP) is 6.30. The van der Waals surface area contributed by atoms with Crippen molar-refractivity contribution in [3.63, 3.8) is 0 Å². The van der Waals surface area contributed by atoms with E-state index in [1.807, 2.05) is 62.6 Å². The Balaban J connectivity index is 1.44. The van der Waals surface area contributed by atoms with Gasteiger partial charge in [0.2, 0.25) is 5.95 Å². The fourth-order valence-corrected chi connectivity index (χ4v) is 4.03. The van der Waals surface area contributed by atoms with E-state index in [1.165, 1.54) is 5.56 Å². The second-order valence-corrected chi connectivity index (χ2v) is 9.80. The van der Waals surface area contributed by atoms with Gasteiger partial charge in [0.1, 0.15) is 5.82 Å². The van der Waals surface area contributed by atoms with Crippen molar-refractivity contribution >= 4 is 23.2 Å². The summed E-state index contributed by atoms with van der Waals surface area (Å²) in [5.74, 6) is 2.03. The number of rotatable bonds is 8. The summed E-state index contributed by atoms with van der Waals surface area (Å²) in [6.07, 6.45) is 6.48. The van der Waals surface area contributed by atoms with Gasteiger partial charge < -0.3 is 15.6 Å². The molecule has 0 spiro atoms. The van der Waals surface area contributed by atoms with Crippen LogP contribution in [0, 0.1) is 0 Å². The number of nitrogens with zero attached hydrogens (tertiary/aromatic N) is 4. The van der Waals surface area contributed by atoms with Gasteiger partial charge in [0, 0.05) is 41.6 Å². The zero-order valence-corrected chi connectivity index (χ0v) is 20.8. The Kier molecular flexibility index (Phi) is 7.00. The van der Waals surface area contributed by atoms with E-state index >= 15 is 0 Å². The van der Waals surface area contributed by atoms with E-state index in [2.05, 4.69) is 50.8 Å². The smallest absolute Gasteiger partial charge is 0.227 e. The second-order valence-electron chi connectivity index (χ2n) is 9.39. The summed E-state index contributed by atoms with van der Waals surface area (Å²) in [5, 5.41) is 3.78.